The van der Waals surface area contributed by atoms with Crippen LogP contribution in [-0.4, -0.2) is 62.7 Å². The molecule has 1 fully saturated rings. The fourth-order valence-electron chi connectivity index (χ4n) is 3.01. The van der Waals surface area contributed by atoms with E-state index in [4.69, 9.17) is 4.74 Å². The molecular formula is C16H24BrN3O. The minimum Gasteiger partial charge on any atom is -0.493 e. The fourth-order valence-corrected chi connectivity index (χ4v) is 3.56. The highest BCUT2D eigenvalue weighted by Crippen LogP contribution is 2.32. The van der Waals surface area contributed by atoms with Crippen LogP contribution in [-0.2, 0) is 13.0 Å². The summed E-state index contributed by atoms with van der Waals surface area (Å²) < 4.78 is 6.92. The summed E-state index contributed by atoms with van der Waals surface area (Å²) in [5.74, 6) is 1.10. The van der Waals surface area contributed by atoms with Gasteiger partial charge in [-0.1, -0.05) is 15.9 Å². The third-order valence-corrected chi connectivity index (χ3v) is 4.80. The summed E-state index contributed by atoms with van der Waals surface area (Å²) in [6.45, 7) is 8.62. The third kappa shape index (κ3) is 3.97. The standard InChI is InChI=1S/C16H24BrN3O/c1-19-5-7-20(8-6-19)4-3-18-12-14-11-15(17)10-13-2-9-21-16(13)14/h10-11,18H,2-9,12H2,1H3. The van der Waals surface area contributed by atoms with Gasteiger partial charge in [-0.05, 0) is 24.7 Å². The van der Waals surface area contributed by atoms with E-state index in [9.17, 15) is 0 Å². The highest BCUT2D eigenvalue weighted by molar-refractivity contribution is 9.10. The Morgan fingerprint density at radius 2 is 2.05 bits per heavy atom. The maximum absolute atomic E-state index is 5.77. The topological polar surface area (TPSA) is 27.7 Å². The Morgan fingerprint density at radius 1 is 1.24 bits per heavy atom. The second-order valence-electron chi connectivity index (χ2n) is 5.97. The molecule has 4 nitrogen and oxygen atoms in total. The number of ether oxygens (including phenoxy) is 1. The molecule has 1 aromatic rings. The summed E-state index contributed by atoms with van der Waals surface area (Å²) in [5.41, 5.74) is 2.61. The number of likely N-dealkylation sites (N-methyl/N-ethyl adjacent to an activating group) is 1. The van der Waals surface area contributed by atoms with Crippen LogP contribution in [0.4, 0.5) is 0 Å². The molecule has 1 saturated heterocycles. The van der Waals surface area contributed by atoms with Gasteiger partial charge in [0.25, 0.3) is 0 Å². The largest absolute Gasteiger partial charge is 0.493 e. The maximum atomic E-state index is 5.77. The first kappa shape index (κ1) is 15.3. The van der Waals surface area contributed by atoms with Crippen molar-refractivity contribution in [2.75, 3.05) is 52.9 Å². The lowest BCUT2D eigenvalue weighted by atomic mass is 10.1. The van der Waals surface area contributed by atoms with Crippen LogP contribution in [0.1, 0.15) is 11.1 Å². The highest BCUT2D eigenvalue weighted by atomic mass is 79.9. The molecule has 21 heavy (non-hydrogen) atoms. The number of nitrogens with zero attached hydrogens (tertiary/aromatic N) is 2. The Labute approximate surface area is 135 Å². The summed E-state index contributed by atoms with van der Waals surface area (Å²) in [4.78, 5) is 4.93. The van der Waals surface area contributed by atoms with Crippen LogP contribution < -0.4 is 10.1 Å². The van der Waals surface area contributed by atoms with E-state index >= 15 is 0 Å². The monoisotopic (exact) mass is 353 g/mol. The molecule has 1 N–H and O–H groups in total. The van der Waals surface area contributed by atoms with E-state index < -0.39 is 0 Å². The lowest BCUT2D eigenvalue weighted by molar-refractivity contribution is 0.154. The molecule has 5 heteroatoms. The summed E-state index contributed by atoms with van der Waals surface area (Å²) in [6.07, 6.45) is 1.03. The SMILES string of the molecule is CN1CCN(CCNCc2cc(Br)cc3c2OCC3)CC1. The van der Waals surface area contributed by atoms with Crippen LogP contribution >= 0.6 is 15.9 Å². The molecule has 0 bridgehead atoms. The van der Waals surface area contributed by atoms with Crippen LogP contribution in [0.2, 0.25) is 0 Å². The van der Waals surface area contributed by atoms with Crippen molar-refractivity contribution in [1.29, 1.82) is 0 Å². The molecule has 1 aromatic carbocycles. The van der Waals surface area contributed by atoms with Crippen LogP contribution in [0.3, 0.4) is 0 Å². The van der Waals surface area contributed by atoms with Gasteiger partial charge in [0.2, 0.25) is 0 Å². The third-order valence-electron chi connectivity index (χ3n) is 4.34. The second-order valence-corrected chi connectivity index (χ2v) is 6.89. The molecule has 0 unspecified atom stereocenters. The van der Waals surface area contributed by atoms with E-state index in [0.717, 1.165) is 42.9 Å². The zero-order valence-electron chi connectivity index (χ0n) is 12.7. The second kappa shape index (κ2) is 7.09. The molecule has 2 aliphatic rings. The van der Waals surface area contributed by atoms with Crippen molar-refractivity contribution in [3.8, 4) is 5.75 Å². The first-order valence-electron chi connectivity index (χ1n) is 7.78. The Kier molecular flexibility index (Phi) is 5.16. The number of piperazine rings is 1. The lowest BCUT2D eigenvalue weighted by Gasteiger charge is -2.32. The van der Waals surface area contributed by atoms with Gasteiger partial charge in [0.15, 0.2) is 0 Å². The van der Waals surface area contributed by atoms with Gasteiger partial charge in [-0.15, -0.1) is 0 Å². The number of benzene rings is 1. The number of fused-ring (bicyclic) bond motifs is 1. The van der Waals surface area contributed by atoms with Gasteiger partial charge in [0.05, 0.1) is 6.61 Å². The Hall–Kier alpha value is -0.620. The van der Waals surface area contributed by atoms with Crippen molar-refractivity contribution in [1.82, 2.24) is 15.1 Å². The first-order chi connectivity index (χ1) is 10.2. The van der Waals surface area contributed by atoms with Gasteiger partial charge in [-0.3, -0.25) is 4.90 Å². The van der Waals surface area contributed by atoms with Crippen molar-refractivity contribution in [2.24, 2.45) is 0 Å². The highest BCUT2D eigenvalue weighted by Gasteiger charge is 2.17. The number of rotatable bonds is 5. The predicted molar refractivity (Wildman–Crippen MR) is 89.0 cm³/mol. The molecule has 0 amide bonds. The predicted octanol–water partition coefficient (Wildman–Crippen LogP) is 1.72. The minimum atomic E-state index is 0.820. The minimum absolute atomic E-state index is 0.820. The quantitative estimate of drug-likeness (QED) is 0.815. The van der Waals surface area contributed by atoms with Gasteiger partial charge >= 0.3 is 0 Å². The maximum Gasteiger partial charge on any atom is 0.127 e. The number of halogens is 1. The molecule has 0 spiro atoms. The molecule has 0 atom stereocenters. The molecule has 2 aliphatic heterocycles. The summed E-state index contributed by atoms with van der Waals surface area (Å²) in [7, 11) is 2.20. The van der Waals surface area contributed by atoms with Gasteiger partial charge in [0.1, 0.15) is 5.75 Å². The van der Waals surface area contributed by atoms with Crippen LogP contribution in [0.25, 0.3) is 0 Å². The van der Waals surface area contributed by atoms with Crippen molar-refractivity contribution < 1.29 is 4.74 Å². The van der Waals surface area contributed by atoms with Gasteiger partial charge < -0.3 is 15.0 Å². The molecule has 0 radical (unpaired) electrons. The molecule has 0 aromatic heterocycles. The first-order valence-corrected chi connectivity index (χ1v) is 8.57. The molecule has 2 heterocycles. The van der Waals surface area contributed by atoms with E-state index in [1.165, 1.54) is 37.3 Å². The Morgan fingerprint density at radius 3 is 2.86 bits per heavy atom. The van der Waals surface area contributed by atoms with E-state index in [-0.39, 0.29) is 0 Å². The Balaban J connectivity index is 1.46. The van der Waals surface area contributed by atoms with Crippen LogP contribution in [0, 0.1) is 0 Å². The smallest absolute Gasteiger partial charge is 0.127 e. The zero-order valence-corrected chi connectivity index (χ0v) is 14.3. The molecule has 3 rings (SSSR count). The van der Waals surface area contributed by atoms with E-state index in [2.05, 4.69) is 50.2 Å². The van der Waals surface area contributed by atoms with Gasteiger partial charge in [-0.25, -0.2) is 0 Å². The summed E-state index contributed by atoms with van der Waals surface area (Å²) >= 11 is 3.60. The number of hydrogen-bond acceptors (Lipinski definition) is 4. The average Bonchev–Trinajstić information content (AvgIpc) is 2.93. The zero-order chi connectivity index (χ0) is 14.7. The van der Waals surface area contributed by atoms with Crippen LogP contribution in [0.5, 0.6) is 5.75 Å². The van der Waals surface area contributed by atoms with E-state index in [0.29, 0.717) is 0 Å². The van der Waals surface area contributed by atoms with E-state index in [1.807, 2.05) is 0 Å². The van der Waals surface area contributed by atoms with Crippen molar-refractivity contribution >= 4 is 15.9 Å². The van der Waals surface area contributed by atoms with Crippen molar-refractivity contribution in [3.05, 3.63) is 27.7 Å². The molecule has 116 valence electrons. The normalized spacial score (nSPS) is 19.5. The number of nitrogens with one attached hydrogen (secondary N) is 1. The van der Waals surface area contributed by atoms with Crippen LogP contribution in [0.15, 0.2) is 16.6 Å². The summed E-state index contributed by atoms with van der Waals surface area (Å²) in [6, 6.07) is 4.35. The summed E-state index contributed by atoms with van der Waals surface area (Å²) in [5, 5.41) is 3.56. The molecule has 0 aliphatic carbocycles. The van der Waals surface area contributed by atoms with Gasteiger partial charge in [0, 0.05) is 62.3 Å². The van der Waals surface area contributed by atoms with E-state index in [1.54, 1.807) is 0 Å². The van der Waals surface area contributed by atoms with Crippen molar-refractivity contribution in [2.45, 2.75) is 13.0 Å². The van der Waals surface area contributed by atoms with Crippen molar-refractivity contribution in [3.63, 3.8) is 0 Å². The lowest BCUT2D eigenvalue weighted by Crippen LogP contribution is -2.46. The fraction of sp³-hybridized carbons (Fsp3) is 0.625. The number of hydrogen-bond donors (Lipinski definition) is 1. The molecule has 0 saturated carbocycles. The average molecular weight is 354 g/mol. The Bertz CT molecular complexity index is 487. The molecular weight excluding hydrogens is 330 g/mol. The van der Waals surface area contributed by atoms with Gasteiger partial charge in [-0.2, -0.15) is 0 Å².